The van der Waals surface area contributed by atoms with E-state index in [9.17, 15) is 18.0 Å². The Balaban J connectivity index is 1.43. The second-order valence-electron chi connectivity index (χ2n) is 8.13. The SMILES string of the molecule is CC(=O)c1cccc(S(=O)(=O)N2CCC(C(=O)NC(c3ccccc3)c3ccco3)CC2)c1. The number of Topliss-reactive ketones (excluding diaryl/α,β-unsaturated/α-hetero) is 1. The van der Waals surface area contributed by atoms with Gasteiger partial charge < -0.3 is 9.73 Å². The van der Waals surface area contributed by atoms with Crippen LogP contribution in [0.2, 0.25) is 0 Å². The molecule has 2 aromatic carbocycles. The van der Waals surface area contributed by atoms with Gasteiger partial charge >= 0.3 is 0 Å². The van der Waals surface area contributed by atoms with E-state index in [-0.39, 0.29) is 35.6 Å². The zero-order chi connectivity index (χ0) is 23.4. The Bertz CT molecular complexity index is 1210. The van der Waals surface area contributed by atoms with Crippen molar-refractivity contribution in [2.45, 2.75) is 30.7 Å². The summed E-state index contributed by atoms with van der Waals surface area (Å²) >= 11 is 0. The van der Waals surface area contributed by atoms with Gasteiger partial charge in [0.15, 0.2) is 5.78 Å². The van der Waals surface area contributed by atoms with E-state index in [2.05, 4.69) is 5.32 Å². The summed E-state index contributed by atoms with van der Waals surface area (Å²) in [5, 5.41) is 3.07. The van der Waals surface area contributed by atoms with Gasteiger partial charge in [0, 0.05) is 24.6 Å². The third kappa shape index (κ3) is 5.07. The Morgan fingerprint density at radius 1 is 1.00 bits per heavy atom. The van der Waals surface area contributed by atoms with Gasteiger partial charge in [-0.15, -0.1) is 0 Å². The smallest absolute Gasteiger partial charge is 0.243 e. The Morgan fingerprint density at radius 3 is 2.36 bits per heavy atom. The van der Waals surface area contributed by atoms with Crippen molar-refractivity contribution < 1.29 is 22.4 Å². The zero-order valence-electron chi connectivity index (χ0n) is 18.3. The maximum absolute atomic E-state index is 13.1. The summed E-state index contributed by atoms with van der Waals surface area (Å²) in [4.78, 5) is 24.8. The molecule has 1 saturated heterocycles. The van der Waals surface area contributed by atoms with Crippen molar-refractivity contribution >= 4 is 21.7 Å². The number of nitrogens with one attached hydrogen (secondary N) is 1. The monoisotopic (exact) mass is 466 g/mol. The summed E-state index contributed by atoms with van der Waals surface area (Å²) < 4.78 is 33.1. The maximum Gasteiger partial charge on any atom is 0.243 e. The lowest BCUT2D eigenvalue weighted by atomic mass is 9.95. The molecule has 1 atom stereocenters. The molecule has 1 amide bonds. The number of amides is 1. The van der Waals surface area contributed by atoms with Gasteiger partial charge in [-0.3, -0.25) is 9.59 Å². The van der Waals surface area contributed by atoms with Gasteiger partial charge in [0.25, 0.3) is 0 Å². The number of carbonyl (C=O) groups excluding carboxylic acids is 2. The fraction of sp³-hybridized carbons (Fsp3) is 0.280. The highest BCUT2D eigenvalue weighted by atomic mass is 32.2. The molecule has 0 spiro atoms. The number of nitrogens with zero attached hydrogens (tertiary/aromatic N) is 1. The van der Waals surface area contributed by atoms with Crippen LogP contribution in [0.1, 0.15) is 47.5 Å². The van der Waals surface area contributed by atoms with Crippen molar-refractivity contribution in [1.82, 2.24) is 9.62 Å². The Labute approximate surface area is 193 Å². The van der Waals surface area contributed by atoms with Crippen molar-refractivity contribution in [3.05, 3.63) is 89.9 Å². The first-order valence-corrected chi connectivity index (χ1v) is 12.3. The van der Waals surface area contributed by atoms with Gasteiger partial charge in [-0.2, -0.15) is 4.31 Å². The molecular weight excluding hydrogens is 440 g/mol. The molecule has 1 aliphatic heterocycles. The first kappa shape index (κ1) is 22.9. The molecule has 1 unspecified atom stereocenters. The predicted molar refractivity (Wildman–Crippen MR) is 123 cm³/mol. The highest BCUT2D eigenvalue weighted by molar-refractivity contribution is 7.89. The highest BCUT2D eigenvalue weighted by Gasteiger charge is 2.33. The number of piperidine rings is 1. The molecule has 8 heteroatoms. The molecule has 4 rings (SSSR count). The normalized spacial score (nSPS) is 16.3. The first-order chi connectivity index (χ1) is 15.9. The molecule has 172 valence electrons. The molecule has 0 aliphatic carbocycles. The lowest BCUT2D eigenvalue weighted by Crippen LogP contribution is -2.43. The Kier molecular flexibility index (Phi) is 6.76. The fourth-order valence-electron chi connectivity index (χ4n) is 4.06. The van der Waals surface area contributed by atoms with Crippen LogP contribution in [0, 0.1) is 5.92 Å². The van der Waals surface area contributed by atoms with E-state index >= 15 is 0 Å². The predicted octanol–water partition coefficient (Wildman–Crippen LogP) is 3.79. The summed E-state index contributed by atoms with van der Waals surface area (Å²) in [6.45, 7) is 1.88. The van der Waals surface area contributed by atoms with Gasteiger partial charge in [-0.25, -0.2) is 8.42 Å². The molecule has 3 aromatic rings. The van der Waals surface area contributed by atoms with Crippen LogP contribution in [0.25, 0.3) is 0 Å². The summed E-state index contributed by atoms with van der Waals surface area (Å²) in [5.74, 6) is 0.0175. The maximum atomic E-state index is 13.1. The third-order valence-electron chi connectivity index (χ3n) is 5.95. The number of rotatable bonds is 7. The number of benzene rings is 2. The number of hydrogen-bond donors (Lipinski definition) is 1. The fourth-order valence-corrected chi connectivity index (χ4v) is 5.58. The average molecular weight is 467 g/mol. The van der Waals surface area contributed by atoms with Crippen LogP contribution >= 0.6 is 0 Å². The van der Waals surface area contributed by atoms with Crippen LogP contribution in [-0.2, 0) is 14.8 Å². The van der Waals surface area contributed by atoms with Gasteiger partial charge in [0.2, 0.25) is 15.9 Å². The number of carbonyl (C=O) groups is 2. The topological polar surface area (TPSA) is 96.7 Å². The van der Waals surface area contributed by atoms with E-state index < -0.39 is 16.1 Å². The van der Waals surface area contributed by atoms with Crippen LogP contribution < -0.4 is 5.32 Å². The molecule has 1 aromatic heterocycles. The zero-order valence-corrected chi connectivity index (χ0v) is 19.1. The van der Waals surface area contributed by atoms with Crippen LogP contribution in [0.3, 0.4) is 0 Å². The molecule has 0 radical (unpaired) electrons. The van der Waals surface area contributed by atoms with E-state index in [1.807, 2.05) is 36.4 Å². The number of sulfonamides is 1. The molecular formula is C25H26N2O5S. The second kappa shape index (κ2) is 9.72. The number of hydrogen-bond acceptors (Lipinski definition) is 5. The largest absolute Gasteiger partial charge is 0.467 e. The standard InChI is InChI=1S/C25H26N2O5S/c1-18(28)21-9-5-10-22(17-21)33(30,31)27-14-12-20(13-15-27)25(29)26-24(23-11-6-16-32-23)19-7-3-2-4-8-19/h2-11,16-17,20,24H,12-15H2,1H3,(H,26,29). The van der Waals surface area contributed by atoms with Crippen molar-refractivity contribution in [1.29, 1.82) is 0 Å². The van der Waals surface area contributed by atoms with Crippen molar-refractivity contribution in [2.75, 3.05) is 13.1 Å². The van der Waals surface area contributed by atoms with Crippen molar-refractivity contribution in [2.24, 2.45) is 5.92 Å². The van der Waals surface area contributed by atoms with Crippen LogP contribution in [0.5, 0.6) is 0 Å². The third-order valence-corrected chi connectivity index (χ3v) is 7.84. The van der Waals surface area contributed by atoms with Gasteiger partial charge in [0.05, 0.1) is 11.2 Å². The molecule has 1 aliphatic rings. The minimum Gasteiger partial charge on any atom is -0.467 e. The van der Waals surface area contributed by atoms with E-state index in [0.29, 0.717) is 24.2 Å². The molecule has 2 heterocycles. The highest BCUT2D eigenvalue weighted by Crippen LogP contribution is 2.27. The lowest BCUT2D eigenvalue weighted by molar-refractivity contribution is -0.126. The molecule has 0 bridgehead atoms. The summed E-state index contributed by atoms with van der Waals surface area (Å²) in [6.07, 6.45) is 2.40. The molecule has 33 heavy (non-hydrogen) atoms. The summed E-state index contributed by atoms with van der Waals surface area (Å²) in [7, 11) is -3.73. The molecule has 1 fully saturated rings. The lowest BCUT2D eigenvalue weighted by Gasteiger charge is -2.31. The second-order valence-corrected chi connectivity index (χ2v) is 10.1. The van der Waals surface area contributed by atoms with Gasteiger partial charge in [0.1, 0.15) is 11.8 Å². The van der Waals surface area contributed by atoms with E-state index in [4.69, 9.17) is 4.42 Å². The Morgan fingerprint density at radius 2 is 1.73 bits per heavy atom. The van der Waals surface area contributed by atoms with Gasteiger partial charge in [-0.05, 0) is 49.6 Å². The minimum absolute atomic E-state index is 0.0973. The number of ketones is 1. The Hall–Kier alpha value is -3.23. The van der Waals surface area contributed by atoms with Crippen LogP contribution in [-0.4, -0.2) is 37.5 Å². The van der Waals surface area contributed by atoms with Crippen LogP contribution in [0.4, 0.5) is 0 Å². The van der Waals surface area contributed by atoms with Crippen molar-refractivity contribution in [3.8, 4) is 0 Å². The number of furan rings is 1. The minimum atomic E-state index is -3.73. The van der Waals surface area contributed by atoms with Gasteiger partial charge in [-0.1, -0.05) is 42.5 Å². The van der Waals surface area contributed by atoms with E-state index in [0.717, 1.165) is 5.56 Å². The van der Waals surface area contributed by atoms with Crippen molar-refractivity contribution in [3.63, 3.8) is 0 Å². The molecule has 1 N–H and O–H groups in total. The summed E-state index contributed by atoms with van der Waals surface area (Å²) in [6, 6.07) is 18.8. The van der Waals surface area contributed by atoms with E-state index in [1.54, 1.807) is 24.5 Å². The quantitative estimate of drug-likeness (QED) is 0.535. The van der Waals surface area contributed by atoms with Crippen LogP contribution in [0.15, 0.2) is 82.3 Å². The van der Waals surface area contributed by atoms with E-state index in [1.165, 1.54) is 23.4 Å². The first-order valence-electron chi connectivity index (χ1n) is 10.9. The molecule has 7 nitrogen and oxygen atoms in total. The summed E-state index contributed by atoms with van der Waals surface area (Å²) in [5.41, 5.74) is 1.27. The molecule has 0 saturated carbocycles. The average Bonchev–Trinajstić information content (AvgIpc) is 3.38.